The molecule has 1 fully saturated rings. The average molecular weight is 419 g/mol. The van der Waals surface area contributed by atoms with E-state index in [9.17, 15) is 8.42 Å². The van der Waals surface area contributed by atoms with Crippen LogP contribution < -0.4 is 10.6 Å². The molecule has 0 amide bonds. The van der Waals surface area contributed by atoms with Crippen LogP contribution in [0.5, 0.6) is 0 Å². The lowest BCUT2D eigenvalue weighted by atomic mass is 10.0. The summed E-state index contributed by atoms with van der Waals surface area (Å²) in [4.78, 5) is 4.57. The molecule has 158 valence electrons. The van der Waals surface area contributed by atoms with Gasteiger partial charge in [0.15, 0.2) is 5.96 Å². The van der Waals surface area contributed by atoms with Crippen molar-refractivity contribution in [1.82, 2.24) is 14.9 Å². The molecule has 1 aromatic carbocycles. The van der Waals surface area contributed by atoms with E-state index in [1.165, 1.54) is 0 Å². The molecule has 0 aliphatic carbocycles. The first-order valence-electron chi connectivity index (χ1n) is 10.0. The Kier molecular flexibility index (Phi) is 7.33. The van der Waals surface area contributed by atoms with Crippen LogP contribution in [0.15, 0.2) is 57.0 Å². The minimum atomic E-state index is -3.41. The Bertz CT molecular complexity index is 893. The van der Waals surface area contributed by atoms with Crippen LogP contribution in [0.4, 0.5) is 0 Å². The van der Waals surface area contributed by atoms with Crippen molar-refractivity contribution in [3.8, 4) is 0 Å². The second-order valence-corrected chi connectivity index (χ2v) is 9.37. The number of nitrogens with one attached hydrogen (secondary N) is 2. The molecule has 8 heteroatoms. The molecule has 1 unspecified atom stereocenters. The predicted octanol–water partition coefficient (Wildman–Crippen LogP) is 2.61. The van der Waals surface area contributed by atoms with Gasteiger partial charge in [-0.25, -0.2) is 8.42 Å². The molecule has 1 aromatic heterocycles. The van der Waals surface area contributed by atoms with E-state index in [4.69, 9.17) is 4.42 Å². The highest BCUT2D eigenvalue weighted by atomic mass is 32.2. The Hall–Kier alpha value is -2.32. The fourth-order valence-electron chi connectivity index (χ4n) is 3.46. The number of piperidine rings is 1. The number of guanidine groups is 1. The van der Waals surface area contributed by atoms with E-state index in [-0.39, 0.29) is 0 Å². The van der Waals surface area contributed by atoms with E-state index >= 15 is 0 Å². The molecule has 1 saturated heterocycles. The van der Waals surface area contributed by atoms with Crippen molar-refractivity contribution in [2.24, 2.45) is 10.9 Å². The van der Waals surface area contributed by atoms with Gasteiger partial charge in [-0.2, -0.15) is 4.31 Å². The molecule has 1 atom stereocenters. The first kappa shape index (κ1) is 21.4. The molecule has 2 aromatic rings. The molecule has 0 saturated carbocycles. The van der Waals surface area contributed by atoms with Gasteiger partial charge < -0.3 is 15.1 Å². The van der Waals surface area contributed by atoms with E-state index in [0.717, 1.165) is 30.6 Å². The van der Waals surface area contributed by atoms with Gasteiger partial charge in [0.25, 0.3) is 0 Å². The fraction of sp³-hybridized carbons (Fsp3) is 0.476. The van der Waals surface area contributed by atoms with Crippen LogP contribution in [0, 0.1) is 5.92 Å². The van der Waals surface area contributed by atoms with Gasteiger partial charge in [0.2, 0.25) is 10.0 Å². The van der Waals surface area contributed by atoms with Crippen molar-refractivity contribution in [3.05, 3.63) is 54.0 Å². The summed E-state index contributed by atoms with van der Waals surface area (Å²) in [7, 11) is -1.69. The van der Waals surface area contributed by atoms with Crippen LogP contribution in [0.25, 0.3) is 0 Å². The van der Waals surface area contributed by atoms with Gasteiger partial charge in [0, 0.05) is 39.6 Å². The summed E-state index contributed by atoms with van der Waals surface area (Å²) < 4.78 is 32.6. The van der Waals surface area contributed by atoms with E-state index in [2.05, 4.69) is 22.5 Å². The van der Waals surface area contributed by atoms with Gasteiger partial charge >= 0.3 is 0 Å². The summed E-state index contributed by atoms with van der Waals surface area (Å²) >= 11 is 0. The lowest BCUT2D eigenvalue weighted by Crippen LogP contribution is -2.39. The number of rotatable bonds is 7. The summed E-state index contributed by atoms with van der Waals surface area (Å²) in [5.74, 6) is 2.03. The van der Waals surface area contributed by atoms with Crippen LogP contribution in [0.1, 0.15) is 31.1 Å². The highest BCUT2D eigenvalue weighted by molar-refractivity contribution is 7.89. The lowest BCUT2D eigenvalue weighted by molar-refractivity contribution is 0.281. The van der Waals surface area contributed by atoms with E-state index < -0.39 is 10.0 Å². The topological polar surface area (TPSA) is 86.9 Å². The summed E-state index contributed by atoms with van der Waals surface area (Å²) in [5.41, 5.74) is 0.991. The molecule has 0 spiro atoms. The van der Waals surface area contributed by atoms with Crippen molar-refractivity contribution in [1.29, 1.82) is 0 Å². The third kappa shape index (κ3) is 5.83. The molecular weight excluding hydrogens is 388 g/mol. The zero-order chi connectivity index (χ0) is 20.7. The zero-order valence-electron chi connectivity index (χ0n) is 17.1. The number of hydrogen-bond donors (Lipinski definition) is 2. The van der Waals surface area contributed by atoms with E-state index in [0.29, 0.717) is 43.0 Å². The largest absolute Gasteiger partial charge is 0.469 e. The molecule has 0 bridgehead atoms. The zero-order valence-corrected chi connectivity index (χ0v) is 17.9. The maximum Gasteiger partial charge on any atom is 0.243 e. The smallest absolute Gasteiger partial charge is 0.243 e. The summed E-state index contributed by atoms with van der Waals surface area (Å²) in [6.07, 6.45) is 4.45. The van der Waals surface area contributed by atoms with Gasteiger partial charge in [0.1, 0.15) is 5.76 Å². The summed E-state index contributed by atoms with van der Waals surface area (Å²) in [5, 5.41) is 6.48. The highest BCUT2D eigenvalue weighted by Crippen LogP contribution is 2.23. The fourth-order valence-corrected chi connectivity index (χ4v) is 5.06. The molecule has 2 N–H and O–H groups in total. The Morgan fingerprint density at radius 3 is 2.69 bits per heavy atom. The van der Waals surface area contributed by atoms with Crippen LogP contribution >= 0.6 is 0 Å². The number of benzene rings is 1. The summed E-state index contributed by atoms with van der Waals surface area (Å²) in [6, 6.07) is 10.9. The van der Waals surface area contributed by atoms with Gasteiger partial charge in [-0.15, -0.1) is 0 Å². The Balaban J connectivity index is 1.51. The summed E-state index contributed by atoms with van der Waals surface area (Å²) in [6.45, 7) is 4.58. The van der Waals surface area contributed by atoms with Gasteiger partial charge in [-0.1, -0.05) is 19.1 Å². The third-order valence-corrected chi connectivity index (χ3v) is 6.99. The van der Waals surface area contributed by atoms with Crippen LogP contribution in [-0.2, 0) is 23.0 Å². The minimum Gasteiger partial charge on any atom is -0.469 e. The standard InChI is InChI=1S/C21H30N4O3S/c1-17-5-3-13-25(16-17)29(26,27)20-9-7-18(8-10-20)15-24-21(22-2)23-12-11-19-6-4-14-28-19/h4,6-10,14,17H,3,5,11-13,15-16H2,1-2H3,(H2,22,23,24). The third-order valence-electron chi connectivity index (χ3n) is 5.11. The van der Waals surface area contributed by atoms with Crippen molar-refractivity contribution in [2.75, 3.05) is 26.7 Å². The van der Waals surface area contributed by atoms with Crippen molar-refractivity contribution in [3.63, 3.8) is 0 Å². The van der Waals surface area contributed by atoms with Gasteiger partial charge in [-0.3, -0.25) is 4.99 Å². The number of nitrogens with zero attached hydrogens (tertiary/aromatic N) is 2. The Morgan fingerprint density at radius 1 is 1.24 bits per heavy atom. The Labute approximate surface area is 173 Å². The number of hydrogen-bond acceptors (Lipinski definition) is 4. The molecule has 29 heavy (non-hydrogen) atoms. The number of sulfonamides is 1. The Morgan fingerprint density at radius 2 is 2.03 bits per heavy atom. The van der Waals surface area contributed by atoms with Crippen LogP contribution in [-0.4, -0.2) is 45.4 Å². The van der Waals surface area contributed by atoms with Crippen LogP contribution in [0.2, 0.25) is 0 Å². The quantitative estimate of drug-likeness (QED) is 0.533. The van der Waals surface area contributed by atoms with Crippen molar-refractivity contribution < 1.29 is 12.8 Å². The second kappa shape index (κ2) is 9.93. The second-order valence-electron chi connectivity index (χ2n) is 7.44. The first-order valence-corrected chi connectivity index (χ1v) is 11.5. The SMILES string of the molecule is CN=C(NCCc1ccco1)NCc1ccc(S(=O)(=O)N2CCCC(C)C2)cc1. The van der Waals surface area contributed by atoms with Crippen LogP contribution in [0.3, 0.4) is 0 Å². The van der Waals surface area contributed by atoms with Gasteiger partial charge in [-0.05, 0) is 48.6 Å². The van der Waals surface area contributed by atoms with Gasteiger partial charge in [0.05, 0.1) is 11.2 Å². The molecular formula is C21H30N4O3S. The monoisotopic (exact) mass is 418 g/mol. The average Bonchev–Trinajstić information content (AvgIpc) is 3.24. The lowest BCUT2D eigenvalue weighted by Gasteiger charge is -2.30. The van der Waals surface area contributed by atoms with E-state index in [1.54, 1.807) is 29.7 Å². The minimum absolute atomic E-state index is 0.358. The normalized spacial score (nSPS) is 18.6. The maximum absolute atomic E-state index is 12.8. The molecule has 1 aliphatic heterocycles. The number of furan rings is 1. The van der Waals surface area contributed by atoms with Crippen molar-refractivity contribution >= 4 is 16.0 Å². The molecule has 1 aliphatic rings. The molecule has 7 nitrogen and oxygen atoms in total. The van der Waals surface area contributed by atoms with E-state index in [1.807, 2.05) is 24.3 Å². The molecule has 2 heterocycles. The first-order chi connectivity index (χ1) is 14.0. The number of aliphatic imine (C=N–C) groups is 1. The van der Waals surface area contributed by atoms with Crippen molar-refractivity contribution in [2.45, 2.75) is 37.6 Å². The molecule has 3 rings (SSSR count). The molecule has 0 radical (unpaired) electrons. The maximum atomic E-state index is 12.8. The predicted molar refractivity (Wildman–Crippen MR) is 114 cm³/mol. The highest BCUT2D eigenvalue weighted by Gasteiger charge is 2.28.